The number of carbonyl (C=O) groups is 1. The van der Waals surface area contributed by atoms with Gasteiger partial charge in [0.1, 0.15) is 5.54 Å². The van der Waals surface area contributed by atoms with Crippen LogP contribution in [0, 0.1) is 0 Å². The van der Waals surface area contributed by atoms with Crippen LogP contribution in [0.5, 0.6) is 0 Å². The molecule has 0 spiro atoms. The smallest absolute Gasteiger partial charge is 0.325 e. The number of esters is 1. The van der Waals surface area contributed by atoms with E-state index in [1.807, 2.05) is 0 Å². The Morgan fingerprint density at radius 1 is 1.38 bits per heavy atom. The Morgan fingerprint density at radius 2 is 2.06 bits per heavy atom. The van der Waals surface area contributed by atoms with Gasteiger partial charge in [0.05, 0.1) is 7.11 Å². The molecule has 4 nitrogen and oxygen atoms in total. The predicted molar refractivity (Wildman–Crippen MR) is 62.0 cm³/mol. The zero-order chi connectivity index (χ0) is 11.6. The van der Waals surface area contributed by atoms with E-state index >= 15 is 0 Å². The molecular weight excluding hydrogens is 204 g/mol. The highest BCUT2D eigenvalue weighted by atomic mass is 16.5. The van der Waals surface area contributed by atoms with E-state index < -0.39 is 5.54 Å². The lowest BCUT2D eigenvalue weighted by Crippen LogP contribution is -2.48. The molecule has 92 valence electrons. The molecule has 0 bridgehead atoms. The van der Waals surface area contributed by atoms with E-state index in [1.165, 1.54) is 39.5 Å². The molecule has 2 rings (SSSR count). The molecule has 0 amide bonds. The van der Waals surface area contributed by atoms with Crippen molar-refractivity contribution < 1.29 is 9.53 Å². The molecule has 4 heteroatoms. The number of ether oxygens (including phenoxy) is 1. The minimum atomic E-state index is -0.725. The van der Waals surface area contributed by atoms with E-state index in [0.717, 1.165) is 19.3 Å². The number of rotatable bonds is 2. The van der Waals surface area contributed by atoms with Crippen LogP contribution in [0.15, 0.2) is 0 Å². The molecule has 0 aromatic heterocycles. The van der Waals surface area contributed by atoms with Gasteiger partial charge in [-0.3, -0.25) is 4.79 Å². The summed E-state index contributed by atoms with van der Waals surface area (Å²) in [6, 6.07) is 0.490. The highest BCUT2D eigenvalue weighted by Crippen LogP contribution is 2.33. The lowest BCUT2D eigenvalue weighted by Gasteiger charge is -2.33. The van der Waals surface area contributed by atoms with E-state index in [1.54, 1.807) is 0 Å². The van der Waals surface area contributed by atoms with Gasteiger partial charge in [0.15, 0.2) is 0 Å². The van der Waals surface area contributed by atoms with Gasteiger partial charge >= 0.3 is 5.97 Å². The Morgan fingerprint density at radius 3 is 2.69 bits per heavy atom. The third-order valence-corrected chi connectivity index (χ3v) is 4.02. The van der Waals surface area contributed by atoms with Crippen LogP contribution in [0.25, 0.3) is 0 Å². The number of likely N-dealkylation sites (tertiary alicyclic amines) is 1. The van der Waals surface area contributed by atoms with Gasteiger partial charge in [-0.1, -0.05) is 6.42 Å². The first-order valence-electron chi connectivity index (χ1n) is 6.27. The Hall–Kier alpha value is -0.610. The summed E-state index contributed by atoms with van der Waals surface area (Å²) in [5, 5.41) is 0. The molecule has 16 heavy (non-hydrogen) atoms. The van der Waals surface area contributed by atoms with Crippen LogP contribution in [0.4, 0.5) is 0 Å². The van der Waals surface area contributed by atoms with Crippen LogP contribution >= 0.6 is 0 Å². The fourth-order valence-electron chi connectivity index (χ4n) is 3.03. The fourth-order valence-corrected chi connectivity index (χ4v) is 3.03. The molecule has 1 aliphatic heterocycles. The van der Waals surface area contributed by atoms with Crippen molar-refractivity contribution in [3.8, 4) is 0 Å². The van der Waals surface area contributed by atoms with E-state index in [4.69, 9.17) is 10.5 Å². The van der Waals surface area contributed by atoms with Crippen molar-refractivity contribution >= 4 is 5.97 Å². The quantitative estimate of drug-likeness (QED) is 0.711. The molecule has 2 fully saturated rings. The van der Waals surface area contributed by atoms with Crippen molar-refractivity contribution in [2.75, 3.05) is 20.2 Å². The summed E-state index contributed by atoms with van der Waals surface area (Å²) in [5.41, 5.74) is 5.38. The van der Waals surface area contributed by atoms with Gasteiger partial charge in [0.2, 0.25) is 0 Å². The molecular formula is C12H22N2O2. The van der Waals surface area contributed by atoms with E-state index in [-0.39, 0.29) is 5.97 Å². The molecule has 1 aliphatic carbocycles. The SMILES string of the molecule is COC(=O)C1(N)CCC(N2CCCCC2)C1. The monoisotopic (exact) mass is 226 g/mol. The van der Waals surface area contributed by atoms with E-state index in [2.05, 4.69) is 4.90 Å². The first-order chi connectivity index (χ1) is 7.65. The Kier molecular flexibility index (Phi) is 3.50. The first kappa shape index (κ1) is 11.9. The maximum atomic E-state index is 11.6. The molecule has 1 saturated carbocycles. The summed E-state index contributed by atoms with van der Waals surface area (Å²) in [5.74, 6) is -0.244. The van der Waals surface area contributed by atoms with Crippen molar-refractivity contribution in [2.24, 2.45) is 5.73 Å². The standard InChI is InChI=1S/C12H22N2O2/c1-16-11(15)12(13)6-5-10(9-12)14-7-3-2-4-8-14/h10H,2-9,13H2,1H3. The lowest BCUT2D eigenvalue weighted by atomic mass is 9.98. The van der Waals surface area contributed by atoms with Crippen LogP contribution in [0.1, 0.15) is 38.5 Å². The normalized spacial score (nSPS) is 36.2. The van der Waals surface area contributed by atoms with Crippen molar-refractivity contribution in [3.63, 3.8) is 0 Å². The number of hydrogen-bond donors (Lipinski definition) is 1. The second-order valence-electron chi connectivity index (χ2n) is 5.14. The van der Waals surface area contributed by atoms with E-state index in [0.29, 0.717) is 6.04 Å². The number of carbonyl (C=O) groups excluding carboxylic acids is 1. The number of methoxy groups -OCH3 is 1. The largest absolute Gasteiger partial charge is 0.468 e. The zero-order valence-electron chi connectivity index (χ0n) is 10.1. The highest BCUT2D eigenvalue weighted by molar-refractivity contribution is 5.81. The third-order valence-electron chi connectivity index (χ3n) is 4.02. The van der Waals surface area contributed by atoms with Crippen LogP contribution in [-0.2, 0) is 9.53 Å². The zero-order valence-corrected chi connectivity index (χ0v) is 10.1. The topological polar surface area (TPSA) is 55.6 Å². The lowest BCUT2D eigenvalue weighted by molar-refractivity contribution is -0.147. The van der Waals surface area contributed by atoms with Gasteiger partial charge in [-0.15, -0.1) is 0 Å². The first-order valence-corrected chi connectivity index (χ1v) is 6.27. The van der Waals surface area contributed by atoms with Gasteiger partial charge in [-0.2, -0.15) is 0 Å². The van der Waals surface area contributed by atoms with Crippen molar-refractivity contribution in [1.29, 1.82) is 0 Å². The number of hydrogen-bond acceptors (Lipinski definition) is 4. The Labute approximate surface area is 97.1 Å². The minimum Gasteiger partial charge on any atom is -0.468 e. The Bertz CT molecular complexity index is 264. The molecule has 2 aliphatic rings. The summed E-state index contributed by atoms with van der Waals surface area (Å²) in [6.45, 7) is 2.34. The second-order valence-corrected chi connectivity index (χ2v) is 5.14. The number of piperidine rings is 1. The molecule has 1 saturated heterocycles. The van der Waals surface area contributed by atoms with Gasteiger partial charge in [0.25, 0.3) is 0 Å². The minimum absolute atomic E-state index is 0.244. The molecule has 2 N–H and O–H groups in total. The van der Waals surface area contributed by atoms with Crippen molar-refractivity contribution in [3.05, 3.63) is 0 Å². The number of nitrogens with zero attached hydrogens (tertiary/aromatic N) is 1. The van der Waals surface area contributed by atoms with Gasteiger partial charge in [0, 0.05) is 6.04 Å². The summed E-state index contributed by atoms with van der Waals surface area (Å²) in [4.78, 5) is 14.1. The third kappa shape index (κ3) is 2.23. The summed E-state index contributed by atoms with van der Waals surface area (Å²) < 4.78 is 4.79. The van der Waals surface area contributed by atoms with Crippen molar-refractivity contribution in [1.82, 2.24) is 4.90 Å². The van der Waals surface area contributed by atoms with Crippen molar-refractivity contribution in [2.45, 2.75) is 50.1 Å². The summed E-state index contributed by atoms with van der Waals surface area (Å²) in [6.07, 6.45) is 6.47. The molecule has 0 aromatic carbocycles. The van der Waals surface area contributed by atoms with Gasteiger partial charge in [-0.05, 0) is 45.2 Å². The van der Waals surface area contributed by atoms with Crippen LogP contribution in [0.3, 0.4) is 0 Å². The Balaban J connectivity index is 1.93. The molecule has 2 atom stereocenters. The number of nitrogens with two attached hydrogens (primary N) is 1. The molecule has 1 heterocycles. The van der Waals surface area contributed by atoms with E-state index in [9.17, 15) is 4.79 Å². The van der Waals surface area contributed by atoms with Gasteiger partial charge < -0.3 is 15.4 Å². The molecule has 2 unspecified atom stereocenters. The highest BCUT2D eigenvalue weighted by Gasteiger charge is 2.44. The predicted octanol–water partition coefficient (Wildman–Crippen LogP) is 0.895. The maximum absolute atomic E-state index is 11.6. The molecule has 0 radical (unpaired) electrons. The maximum Gasteiger partial charge on any atom is 0.325 e. The summed E-state index contributed by atoms with van der Waals surface area (Å²) >= 11 is 0. The van der Waals surface area contributed by atoms with Crippen LogP contribution < -0.4 is 5.73 Å². The summed E-state index contributed by atoms with van der Waals surface area (Å²) in [7, 11) is 1.42. The average Bonchev–Trinajstić information content (AvgIpc) is 2.73. The van der Waals surface area contributed by atoms with Gasteiger partial charge in [-0.25, -0.2) is 0 Å². The average molecular weight is 226 g/mol. The second kappa shape index (κ2) is 4.72. The van der Waals surface area contributed by atoms with Crippen LogP contribution in [0.2, 0.25) is 0 Å². The fraction of sp³-hybridized carbons (Fsp3) is 0.917. The molecule has 0 aromatic rings. The van der Waals surface area contributed by atoms with Crippen LogP contribution in [-0.4, -0.2) is 42.6 Å².